The Kier molecular flexibility index (Phi) is 3.78. The number of hydrogen-bond acceptors (Lipinski definition) is 4. The number of fused-ring (bicyclic) bond motifs is 1. The Hall–Kier alpha value is -2.09. The minimum absolute atomic E-state index is 0.0112. The predicted molar refractivity (Wildman–Crippen MR) is 80.1 cm³/mol. The molecule has 1 aromatic carbocycles. The monoisotopic (exact) mass is 285 g/mol. The molecule has 5 heteroatoms. The third-order valence-electron chi connectivity index (χ3n) is 4.94. The van der Waals surface area contributed by atoms with Gasteiger partial charge < -0.3 is 4.90 Å². The number of nitro benzene ring substituents is 1. The Bertz CT molecular complexity index is 594. The van der Waals surface area contributed by atoms with E-state index in [9.17, 15) is 15.4 Å². The molecule has 1 aliphatic carbocycles. The zero-order valence-corrected chi connectivity index (χ0v) is 12.0. The standard InChI is InChI=1S/C16H19N3O2/c17-10-14-9-15(19(20)21)5-6-16(14)18-8-7-12-3-1-2-4-13(12)11-18/h5-6,9,12-13H,1-4,7-8,11H2/t12-,13-/m1/s1. The molecule has 3 rings (SSSR count). The van der Waals surface area contributed by atoms with E-state index in [1.807, 2.05) is 0 Å². The summed E-state index contributed by atoms with van der Waals surface area (Å²) >= 11 is 0. The van der Waals surface area contributed by atoms with E-state index in [-0.39, 0.29) is 5.69 Å². The summed E-state index contributed by atoms with van der Waals surface area (Å²) in [5.74, 6) is 1.55. The Morgan fingerprint density at radius 3 is 2.71 bits per heavy atom. The van der Waals surface area contributed by atoms with Crippen molar-refractivity contribution < 1.29 is 4.92 Å². The molecule has 0 N–H and O–H groups in total. The van der Waals surface area contributed by atoms with Crippen molar-refractivity contribution in [1.82, 2.24) is 0 Å². The number of rotatable bonds is 2. The average Bonchev–Trinajstić information content (AvgIpc) is 2.53. The van der Waals surface area contributed by atoms with Gasteiger partial charge in [-0.2, -0.15) is 5.26 Å². The van der Waals surface area contributed by atoms with E-state index in [2.05, 4.69) is 11.0 Å². The van der Waals surface area contributed by atoms with Crippen molar-refractivity contribution >= 4 is 11.4 Å². The predicted octanol–water partition coefficient (Wildman–Crippen LogP) is 3.48. The van der Waals surface area contributed by atoms with Gasteiger partial charge in [-0.05, 0) is 30.7 Å². The lowest BCUT2D eigenvalue weighted by Gasteiger charge is -2.42. The van der Waals surface area contributed by atoms with Crippen molar-refractivity contribution in [2.45, 2.75) is 32.1 Å². The molecule has 0 radical (unpaired) electrons. The summed E-state index contributed by atoms with van der Waals surface area (Å²) < 4.78 is 0. The molecule has 0 unspecified atom stereocenters. The van der Waals surface area contributed by atoms with Crippen molar-refractivity contribution in [3.05, 3.63) is 33.9 Å². The second-order valence-corrected chi connectivity index (χ2v) is 6.11. The molecule has 2 fully saturated rings. The molecule has 1 aliphatic heterocycles. The lowest BCUT2D eigenvalue weighted by Crippen LogP contribution is -2.42. The van der Waals surface area contributed by atoms with Crippen LogP contribution in [0.15, 0.2) is 18.2 Å². The molecule has 0 spiro atoms. The summed E-state index contributed by atoms with van der Waals surface area (Å²) in [6.07, 6.45) is 6.44. The third kappa shape index (κ3) is 2.71. The van der Waals surface area contributed by atoms with Gasteiger partial charge in [-0.3, -0.25) is 10.1 Å². The second kappa shape index (κ2) is 5.72. The molecule has 2 atom stereocenters. The van der Waals surface area contributed by atoms with Crippen molar-refractivity contribution in [1.29, 1.82) is 5.26 Å². The number of nitrogens with zero attached hydrogens (tertiary/aromatic N) is 3. The van der Waals surface area contributed by atoms with Crippen LogP contribution in [0.25, 0.3) is 0 Å². The van der Waals surface area contributed by atoms with E-state index in [0.29, 0.717) is 11.5 Å². The van der Waals surface area contributed by atoms with Crippen molar-refractivity contribution in [2.75, 3.05) is 18.0 Å². The molecular weight excluding hydrogens is 266 g/mol. The summed E-state index contributed by atoms with van der Waals surface area (Å²) in [5, 5.41) is 20.1. The maximum absolute atomic E-state index is 10.8. The Balaban J connectivity index is 1.83. The Morgan fingerprint density at radius 2 is 2.00 bits per heavy atom. The summed E-state index contributed by atoms with van der Waals surface area (Å²) in [5.41, 5.74) is 1.26. The molecular formula is C16H19N3O2. The number of non-ortho nitro benzene ring substituents is 1. The molecule has 1 saturated heterocycles. The smallest absolute Gasteiger partial charge is 0.270 e. The van der Waals surface area contributed by atoms with Gasteiger partial charge in [0.05, 0.1) is 16.2 Å². The van der Waals surface area contributed by atoms with Gasteiger partial charge >= 0.3 is 0 Å². The molecule has 1 heterocycles. The highest BCUT2D eigenvalue weighted by atomic mass is 16.6. The fourth-order valence-corrected chi connectivity index (χ4v) is 3.82. The van der Waals surface area contributed by atoms with Crippen LogP contribution in [-0.2, 0) is 0 Å². The SMILES string of the molecule is N#Cc1cc([N+](=O)[O-])ccc1N1CC[C@H]2CCCC[C@@H]2C1. The highest BCUT2D eigenvalue weighted by Crippen LogP contribution is 2.38. The van der Waals surface area contributed by atoms with E-state index in [4.69, 9.17) is 0 Å². The van der Waals surface area contributed by atoms with Crippen LogP contribution in [0.3, 0.4) is 0 Å². The maximum Gasteiger partial charge on any atom is 0.270 e. The number of nitro groups is 1. The first-order valence-corrected chi connectivity index (χ1v) is 7.62. The Labute approximate surface area is 124 Å². The number of anilines is 1. The first kappa shape index (κ1) is 13.9. The molecule has 5 nitrogen and oxygen atoms in total. The number of piperidine rings is 1. The summed E-state index contributed by atoms with van der Waals surface area (Å²) in [6.45, 7) is 1.94. The second-order valence-electron chi connectivity index (χ2n) is 6.11. The topological polar surface area (TPSA) is 70.2 Å². The van der Waals surface area contributed by atoms with Gasteiger partial charge in [-0.15, -0.1) is 0 Å². The molecule has 2 aliphatic rings. The first-order chi connectivity index (χ1) is 10.2. The molecule has 0 amide bonds. The first-order valence-electron chi connectivity index (χ1n) is 7.62. The van der Waals surface area contributed by atoms with Crippen LogP contribution < -0.4 is 4.90 Å². The molecule has 0 aromatic heterocycles. The maximum atomic E-state index is 10.8. The Morgan fingerprint density at radius 1 is 1.24 bits per heavy atom. The fraction of sp³-hybridized carbons (Fsp3) is 0.562. The molecule has 1 aromatic rings. The van der Waals surface area contributed by atoms with Crippen LogP contribution in [-0.4, -0.2) is 18.0 Å². The molecule has 21 heavy (non-hydrogen) atoms. The average molecular weight is 285 g/mol. The van der Waals surface area contributed by atoms with Crippen LogP contribution in [0, 0.1) is 33.3 Å². The summed E-state index contributed by atoms with van der Waals surface area (Å²) in [4.78, 5) is 12.6. The molecule has 1 saturated carbocycles. The lowest BCUT2D eigenvalue weighted by atomic mass is 9.75. The van der Waals surface area contributed by atoms with Crippen LogP contribution >= 0.6 is 0 Å². The van der Waals surface area contributed by atoms with Gasteiger partial charge in [0, 0.05) is 25.2 Å². The number of nitriles is 1. The van der Waals surface area contributed by atoms with Gasteiger partial charge in [0.1, 0.15) is 6.07 Å². The van der Waals surface area contributed by atoms with Crippen molar-refractivity contribution in [3.8, 4) is 6.07 Å². The summed E-state index contributed by atoms with van der Waals surface area (Å²) in [7, 11) is 0. The normalized spacial score (nSPS) is 25.0. The molecule has 110 valence electrons. The van der Waals surface area contributed by atoms with E-state index in [0.717, 1.165) is 24.7 Å². The van der Waals surface area contributed by atoms with E-state index in [1.54, 1.807) is 6.07 Å². The van der Waals surface area contributed by atoms with E-state index in [1.165, 1.54) is 44.2 Å². The fourth-order valence-electron chi connectivity index (χ4n) is 3.82. The van der Waals surface area contributed by atoms with Gasteiger partial charge in [-0.1, -0.05) is 19.3 Å². The number of benzene rings is 1. The molecule has 0 bridgehead atoms. The van der Waals surface area contributed by atoms with E-state index >= 15 is 0 Å². The van der Waals surface area contributed by atoms with Gasteiger partial charge in [0.25, 0.3) is 5.69 Å². The van der Waals surface area contributed by atoms with Gasteiger partial charge in [0.15, 0.2) is 0 Å². The van der Waals surface area contributed by atoms with E-state index < -0.39 is 4.92 Å². The zero-order chi connectivity index (χ0) is 14.8. The van der Waals surface area contributed by atoms with Crippen LogP contribution in [0.1, 0.15) is 37.7 Å². The third-order valence-corrected chi connectivity index (χ3v) is 4.94. The van der Waals surface area contributed by atoms with Crippen LogP contribution in [0.5, 0.6) is 0 Å². The largest absolute Gasteiger partial charge is 0.370 e. The number of hydrogen-bond donors (Lipinski definition) is 0. The van der Waals surface area contributed by atoms with Crippen LogP contribution in [0.4, 0.5) is 11.4 Å². The quantitative estimate of drug-likeness (QED) is 0.616. The van der Waals surface area contributed by atoms with Crippen molar-refractivity contribution in [3.63, 3.8) is 0 Å². The summed E-state index contributed by atoms with van der Waals surface area (Å²) in [6, 6.07) is 6.74. The minimum Gasteiger partial charge on any atom is -0.370 e. The van der Waals surface area contributed by atoms with Crippen molar-refractivity contribution in [2.24, 2.45) is 11.8 Å². The highest BCUT2D eigenvalue weighted by Gasteiger charge is 2.32. The lowest BCUT2D eigenvalue weighted by molar-refractivity contribution is -0.384. The van der Waals surface area contributed by atoms with Gasteiger partial charge in [0.2, 0.25) is 0 Å². The zero-order valence-electron chi connectivity index (χ0n) is 12.0. The minimum atomic E-state index is -0.446. The highest BCUT2D eigenvalue weighted by molar-refractivity contribution is 5.63. The van der Waals surface area contributed by atoms with Gasteiger partial charge in [-0.25, -0.2) is 0 Å². The van der Waals surface area contributed by atoms with Crippen LogP contribution in [0.2, 0.25) is 0 Å².